The third-order valence-electron chi connectivity index (χ3n) is 3.52. The smallest absolute Gasteiger partial charge is 0.310 e. The van der Waals surface area contributed by atoms with E-state index >= 15 is 0 Å². The lowest BCUT2D eigenvalue weighted by atomic mass is 10.1. The summed E-state index contributed by atoms with van der Waals surface area (Å²) >= 11 is 5.88. The minimum Gasteiger partial charge on any atom is -0.467 e. The lowest BCUT2D eigenvalue weighted by Gasteiger charge is -2.20. The van der Waals surface area contributed by atoms with Crippen molar-refractivity contribution in [2.75, 3.05) is 6.79 Å². The quantitative estimate of drug-likeness (QED) is 0.784. The van der Waals surface area contributed by atoms with Crippen molar-refractivity contribution in [3.05, 3.63) is 63.7 Å². The van der Waals surface area contributed by atoms with Crippen LogP contribution < -0.4 is 4.74 Å². The minimum absolute atomic E-state index is 0.0460. The molecule has 2 aromatic rings. The van der Waals surface area contributed by atoms with Crippen molar-refractivity contribution in [3.63, 3.8) is 0 Å². The van der Waals surface area contributed by atoms with E-state index in [0.29, 0.717) is 16.9 Å². The number of ether oxygens (including phenoxy) is 3. The Morgan fingerprint density at radius 1 is 1.29 bits per heavy atom. The van der Waals surface area contributed by atoms with E-state index in [2.05, 4.69) is 0 Å². The van der Waals surface area contributed by atoms with Crippen molar-refractivity contribution in [2.45, 2.75) is 19.6 Å². The summed E-state index contributed by atoms with van der Waals surface area (Å²) in [6.07, 6.45) is -0.313. The summed E-state index contributed by atoms with van der Waals surface area (Å²) in [6, 6.07) is 6.69. The van der Waals surface area contributed by atoms with Crippen LogP contribution in [0, 0.1) is 11.6 Å². The van der Waals surface area contributed by atoms with E-state index in [1.165, 1.54) is 30.3 Å². The molecule has 0 bridgehead atoms. The third-order valence-corrected chi connectivity index (χ3v) is 3.88. The Hall–Kier alpha value is -2.18. The van der Waals surface area contributed by atoms with Crippen molar-refractivity contribution < 1.29 is 27.8 Å². The topological polar surface area (TPSA) is 44.8 Å². The van der Waals surface area contributed by atoms with Crippen LogP contribution in [0.5, 0.6) is 5.75 Å². The van der Waals surface area contributed by atoms with E-state index in [0.717, 1.165) is 0 Å². The van der Waals surface area contributed by atoms with E-state index in [-0.39, 0.29) is 37.0 Å². The number of halogens is 3. The first-order valence-corrected chi connectivity index (χ1v) is 7.52. The minimum atomic E-state index is -0.674. The molecule has 0 fully saturated rings. The molecule has 4 nitrogen and oxygen atoms in total. The SMILES string of the molecule is O=C(Cc1c(F)cccc1Cl)OCc1cc(F)cc2c1OCOC2. The molecule has 0 aromatic heterocycles. The summed E-state index contributed by atoms with van der Waals surface area (Å²) in [5.74, 6) is -1.29. The number of carbonyl (C=O) groups excluding carboxylic acids is 1. The number of carbonyl (C=O) groups is 1. The molecule has 0 saturated heterocycles. The van der Waals surface area contributed by atoms with Gasteiger partial charge in [0.1, 0.15) is 24.0 Å². The van der Waals surface area contributed by atoms with Gasteiger partial charge < -0.3 is 14.2 Å². The Bertz CT molecular complexity index is 759. The van der Waals surface area contributed by atoms with Crippen LogP contribution in [0.4, 0.5) is 8.78 Å². The average Bonchev–Trinajstić information content (AvgIpc) is 2.56. The van der Waals surface area contributed by atoms with E-state index in [1.807, 2.05) is 0 Å². The standard InChI is InChI=1S/C17H13ClF2O4/c18-14-2-1-3-15(20)13(14)6-16(21)23-8-11-5-12(19)4-10-7-22-9-24-17(10)11/h1-5H,6-9H2. The van der Waals surface area contributed by atoms with Crippen molar-refractivity contribution in [1.29, 1.82) is 0 Å². The molecule has 126 valence electrons. The van der Waals surface area contributed by atoms with Gasteiger partial charge in [-0.3, -0.25) is 4.79 Å². The highest BCUT2D eigenvalue weighted by Crippen LogP contribution is 2.30. The number of esters is 1. The molecule has 0 atom stereocenters. The summed E-state index contributed by atoms with van der Waals surface area (Å²) in [4.78, 5) is 11.9. The predicted octanol–water partition coefficient (Wildman–Crippen LogP) is 3.77. The van der Waals surface area contributed by atoms with Gasteiger partial charge in [-0.15, -0.1) is 0 Å². The van der Waals surface area contributed by atoms with Crippen LogP contribution in [0.3, 0.4) is 0 Å². The van der Waals surface area contributed by atoms with Gasteiger partial charge in [0.25, 0.3) is 0 Å². The maximum atomic E-state index is 13.7. The molecule has 7 heteroatoms. The molecule has 2 aromatic carbocycles. The van der Waals surface area contributed by atoms with Gasteiger partial charge in [0.2, 0.25) is 0 Å². The molecule has 0 radical (unpaired) electrons. The number of fused-ring (bicyclic) bond motifs is 1. The van der Waals surface area contributed by atoms with Crippen LogP contribution in [-0.4, -0.2) is 12.8 Å². The molecule has 0 spiro atoms. The summed E-state index contributed by atoms with van der Waals surface area (Å²) in [6.45, 7) is 0.0777. The molecule has 24 heavy (non-hydrogen) atoms. The van der Waals surface area contributed by atoms with Crippen molar-refractivity contribution in [1.82, 2.24) is 0 Å². The molecule has 0 unspecified atom stereocenters. The normalized spacial score (nSPS) is 13.1. The zero-order valence-electron chi connectivity index (χ0n) is 12.5. The van der Waals surface area contributed by atoms with Crippen LogP contribution in [0.1, 0.15) is 16.7 Å². The molecule has 3 rings (SSSR count). The van der Waals surface area contributed by atoms with Gasteiger partial charge in [-0.1, -0.05) is 17.7 Å². The maximum Gasteiger partial charge on any atom is 0.310 e. The largest absolute Gasteiger partial charge is 0.467 e. The summed E-state index contributed by atoms with van der Waals surface area (Å²) in [5, 5.41) is 0.149. The second-order valence-corrected chi connectivity index (χ2v) is 5.61. The number of rotatable bonds is 4. The zero-order chi connectivity index (χ0) is 17.1. The molecular formula is C17H13ClF2O4. The first-order chi connectivity index (χ1) is 11.5. The molecule has 0 aliphatic carbocycles. The second kappa shape index (κ2) is 7.15. The Balaban J connectivity index is 1.70. The van der Waals surface area contributed by atoms with Crippen molar-refractivity contribution >= 4 is 17.6 Å². The van der Waals surface area contributed by atoms with Crippen LogP contribution in [0.15, 0.2) is 30.3 Å². The second-order valence-electron chi connectivity index (χ2n) is 5.20. The van der Waals surface area contributed by atoms with Gasteiger partial charge >= 0.3 is 5.97 Å². The van der Waals surface area contributed by atoms with Gasteiger partial charge in [-0.25, -0.2) is 8.78 Å². The van der Waals surface area contributed by atoms with Crippen molar-refractivity contribution in [3.8, 4) is 5.75 Å². The number of benzene rings is 2. The first kappa shape index (κ1) is 16.7. The van der Waals surface area contributed by atoms with Crippen LogP contribution in [-0.2, 0) is 33.9 Å². The van der Waals surface area contributed by atoms with E-state index in [9.17, 15) is 13.6 Å². The lowest BCUT2D eigenvalue weighted by Crippen LogP contribution is -2.15. The fourth-order valence-electron chi connectivity index (χ4n) is 2.42. The number of hydrogen-bond donors (Lipinski definition) is 0. The zero-order valence-corrected chi connectivity index (χ0v) is 13.2. The fourth-order valence-corrected chi connectivity index (χ4v) is 2.65. The monoisotopic (exact) mass is 354 g/mol. The lowest BCUT2D eigenvalue weighted by molar-refractivity contribution is -0.144. The predicted molar refractivity (Wildman–Crippen MR) is 81.6 cm³/mol. The molecule has 0 saturated carbocycles. The molecule has 1 heterocycles. The van der Waals surface area contributed by atoms with Gasteiger partial charge in [0, 0.05) is 21.7 Å². The first-order valence-electron chi connectivity index (χ1n) is 7.15. The highest BCUT2D eigenvalue weighted by molar-refractivity contribution is 6.31. The van der Waals surface area contributed by atoms with Crippen molar-refractivity contribution in [2.24, 2.45) is 0 Å². The third kappa shape index (κ3) is 3.66. The van der Waals surface area contributed by atoms with Gasteiger partial charge in [0.15, 0.2) is 6.79 Å². The maximum absolute atomic E-state index is 13.7. The van der Waals surface area contributed by atoms with Gasteiger partial charge in [0.05, 0.1) is 13.0 Å². The van der Waals surface area contributed by atoms with Crippen LogP contribution >= 0.6 is 11.6 Å². The summed E-state index contributed by atoms with van der Waals surface area (Å²) < 4.78 is 42.8. The summed E-state index contributed by atoms with van der Waals surface area (Å²) in [5.41, 5.74) is 1.00. The fraction of sp³-hybridized carbons (Fsp3) is 0.235. The Morgan fingerprint density at radius 2 is 2.12 bits per heavy atom. The van der Waals surface area contributed by atoms with E-state index < -0.39 is 17.6 Å². The Kier molecular flexibility index (Phi) is 4.97. The Labute approximate surface area is 141 Å². The van der Waals surface area contributed by atoms with E-state index in [4.69, 9.17) is 25.8 Å². The Morgan fingerprint density at radius 3 is 2.92 bits per heavy atom. The molecule has 1 aliphatic heterocycles. The number of hydrogen-bond acceptors (Lipinski definition) is 4. The van der Waals surface area contributed by atoms with Crippen LogP contribution in [0.25, 0.3) is 0 Å². The molecule has 0 N–H and O–H groups in total. The highest BCUT2D eigenvalue weighted by atomic mass is 35.5. The van der Waals surface area contributed by atoms with Gasteiger partial charge in [-0.05, 0) is 24.3 Å². The van der Waals surface area contributed by atoms with Crippen LogP contribution in [0.2, 0.25) is 5.02 Å². The summed E-state index contributed by atoms with van der Waals surface area (Å²) in [7, 11) is 0. The van der Waals surface area contributed by atoms with E-state index in [1.54, 1.807) is 0 Å². The highest BCUT2D eigenvalue weighted by Gasteiger charge is 2.19. The molecular weight excluding hydrogens is 342 g/mol. The average molecular weight is 355 g/mol. The molecule has 0 amide bonds. The molecule has 1 aliphatic rings. The van der Waals surface area contributed by atoms with Gasteiger partial charge in [-0.2, -0.15) is 0 Å².